The van der Waals surface area contributed by atoms with E-state index in [0.717, 1.165) is 22.8 Å². The van der Waals surface area contributed by atoms with Crippen molar-refractivity contribution < 1.29 is 5.11 Å². The molecule has 0 bridgehead atoms. The molecule has 2 nitrogen and oxygen atoms in total. The molecular formula is C18H23NO. The van der Waals surface area contributed by atoms with Crippen LogP contribution in [0.4, 0.5) is 0 Å². The van der Waals surface area contributed by atoms with E-state index in [9.17, 15) is 5.11 Å². The van der Waals surface area contributed by atoms with Crippen molar-refractivity contribution in [3.63, 3.8) is 0 Å². The highest BCUT2D eigenvalue weighted by molar-refractivity contribution is 5.85. The van der Waals surface area contributed by atoms with Gasteiger partial charge in [0.15, 0.2) is 0 Å². The summed E-state index contributed by atoms with van der Waals surface area (Å²) in [4.78, 5) is 4.16. The van der Waals surface area contributed by atoms with Gasteiger partial charge in [0, 0.05) is 17.8 Å². The molecule has 1 N–H and O–H groups in total. The molecule has 1 fully saturated rings. The molecule has 1 heterocycles. The highest BCUT2D eigenvalue weighted by Gasteiger charge is 2.19. The predicted octanol–water partition coefficient (Wildman–Crippen LogP) is 4.63. The van der Waals surface area contributed by atoms with Crippen molar-refractivity contribution in [3.8, 4) is 0 Å². The zero-order chi connectivity index (χ0) is 13.8. The Hall–Kier alpha value is -1.41. The third-order valence-electron chi connectivity index (χ3n) is 4.60. The largest absolute Gasteiger partial charge is 0.388 e. The number of benzene rings is 1. The fraction of sp³-hybridized carbons (Fsp3) is 0.500. The van der Waals surface area contributed by atoms with E-state index in [0.29, 0.717) is 5.92 Å². The summed E-state index contributed by atoms with van der Waals surface area (Å²) in [5, 5.41) is 12.9. The van der Waals surface area contributed by atoms with E-state index < -0.39 is 0 Å². The van der Waals surface area contributed by atoms with Gasteiger partial charge < -0.3 is 5.11 Å². The number of aromatic nitrogens is 1. The first-order chi connectivity index (χ1) is 9.84. The average Bonchev–Trinajstić information content (AvgIpc) is 2.75. The van der Waals surface area contributed by atoms with Crippen molar-refractivity contribution in [1.82, 2.24) is 4.98 Å². The van der Waals surface area contributed by atoms with Crippen LogP contribution in [0.25, 0.3) is 10.8 Å². The molecular weight excluding hydrogens is 246 g/mol. The number of hydrogen-bond acceptors (Lipinski definition) is 2. The van der Waals surface area contributed by atoms with Crippen molar-refractivity contribution in [2.75, 3.05) is 0 Å². The molecule has 0 radical (unpaired) electrons. The van der Waals surface area contributed by atoms with Crippen molar-refractivity contribution in [2.45, 2.75) is 51.0 Å². The van der Waals surface area contributed by atoms with E-state index in [4.69, 9.17) is 0 Å². The smallest absolute Gasteiger partial charge is 0.0798 e. The molecule has 0 aliphatic heterocycles. The summed E-state index contributed by atoms with van der Waals surface area (Å²) in [7, 11) is 0. The minimum Gasteiger partial charge on any atom is -0.388 e. The summed E-state index contributed by atoms with van der Waals surface area (Å²) in [5.41, 5.74) is 1.06. The standard InChI is InChI=1S/C18H23NO/c20-18(12-14-6-3-1-2-4-7-14)17-9-5-8-15-13-19-11-10-16(15)17/h5,8-11,13-14,18,20H,1-4,6-7,12H2. The molecule has 1 aliphatic carbocycles. The maximum atomic E-state index is 10.6. The number of rotatable bonds is 3. The fourth-order valence-corrected chi connectivity index (χ4v) is 3.48. The van der Waals surface area contributed by atoms with E-state index >= 15 is 0 Å². The van der Waals surface area contributed by atoms with E-state index in [1.165, 1.54) is 38.5 Å². The Labute approximate surface area is 120 Å². The van der Waals surface area contributed by atoms with E-state index in [2.05, 4.69) is 17.1 Å². The molecule has 20 heavy (non-hydrogen) atoms. The second-order valence-corrected chi connectivity index (χ2v) is 6.05. The van der Waals surface area contributed by atoms with Crippen LogP contribution in [0.1, 0.15) is 56.6 Å². The summed E-state index contributed by atoms with van der Waals surface area (Å²) in [6, 6.07) is 8.16. The molecule has 1 atom stereocenters. The lowest BCUT2D eigenvalue weighted by molar-refractivity contribution is 0.140. The molecule has 1 unspecified atom stereocenters. The fourth-order valence-electron chi connectivity index (χ4n) is 3.48. The van der Waals surface area contributed by atoms with E-state index in [-0.39, 0.29) is 6.10 Å². The van der Waals surface area contributed by atoms with Crippen molar-refractivity contribution in [3.05, 3.63) is 42.2 Å². The Bertz CT molecular complexity index is 553. The van der Waals surface area contributed by atoms with Crippen molar-refractivity contribution >= 4 is 10.8 Å². The summed E-state index contributed by atoms with van der Waals surface area (Å²) in [6.07, 6.45) is 12.2. The van der Waals surface area contributed by atoms with Crippen LogP contribution in [0.2, 0.25) is 0 Å². The SMILES string of the molecule is OC(CC1CCCCCC1)c1cccc2cnccc12. The maximum absolute atomic E-state index is 10.6. The Balaban J connectivity index is 1.79. The van der Waals surface area contributed by atoms with Crippen LogP contribution in [-0.4, -0.2) is 10.1 Å². The van der Waals surface area contributed by atoms with Gasteiger partial charge in [-0.1, -0.05) is 56.7 Å². The number of aliphatic hydroxyl groups is 1. The van der Waals surface area contributed by atoms with Gasteiger partial charge in [0.05, 0.1) is 6.10 Å². The Morgan fingerprint density at radius 1 is 1.10 bits per heavy atom. The number of fused-ring (bicyclic) bond motifs is 1. The van der Waals surface area contributed by atoms with Gasteiger partial charge in [-0.05, 0) is 29.4 Å². The van der Waals surface area contributed by atoms with Crippen LogP contribution in [0.5, 0.6) is 0 Å². The number of pyridine rings is 1. The van der Waals surface area contributed by atoms with Crippen LogP contribution in [0, 0.1) is 5.92 Å². The van der Waals surface area contributed by atoms with Gasteiger partial charge in [0.25, 0.3) is 0 Å². The molecule has 1 aromatic carbocycles. The van der Waals surface area contributed by atoms with Gasteiger partial charge >= 0.3 is 0 Å². The number of hydrogen-bond donors (Lipinski definition) is 1. The maximum Gasteiger partial charge on any atom is 0.0798 e. The van der Waals surface area contributed by atoms with Gasteiger partial charge in [-0.2, -0.15) is 0 Å². The normalized spacial score (nSPS) is 18.9. The van der Waals surface area contributed by atoms with Gasteiger partial charge in [0.2, 0.25) is 0 Å². The lowest BCUT2D eigenvalue weighted by Crippen LogP contribution is -2.07. The van der Waals surface area contributed by atoms with Gasteiger partial charge in [-0.15, -0.1) is 0 Å². The summed E-state index contributed by atoms with van der Waals surface area (Å²) < 4.78 is 0. The number of aliphatic hydroxyl groups excluding tert-OH is 1. The topological polar surface area (TPSA) is 33.1 Å². The summed E-state index contributed by atoms with van der Waals surface area (Å²) in [5.74, 6) is 0.685. The molecule has 0 saturated heterocycles. The third-order valence-corrected chi connectivity index (χ3v) is 4.60. The predicted molar refractivity (Wildman–Crippen MR) is 82.5 cm³/mol. The minimum absolute atomic E-state index is 0.343. The first kappa shape index (κ1) is 13.6. The van der Waals surface area contributed by atoms with E-state index in [1.54, 1.807) is 0 Å². The van der Waals surface area contributed by atoms with Crippen molar-refractivity contribution in [1.29, 1.82) is 0 Å². The van der Waals surface area contributed by atoms with Crippen molar-refractivity contribution in [2.24, 2.45) is 5.92 Å². The molecule has 1 aliphatic rings. The molecule has 1 aromatic heterocycles. The summed E-state index contributed by atoms with van der Waals surface area (Å²) in [6.45, 7) is 0. The molecule has 0 spiro atoms. The van der Waals surface area contributed by atoms with Crippen LogP contribution in [0.15, 0.2) is 36.7 Å². The third kappa shape index (κ3) is 3.01. The minimum atomic E-state index is -0.343. The second-order valence-electron chi connectivity index (χ2n) is 6.05. The first-order valence-electron chi connectivity index (χ1n) is 7.85. The second kappa shape index (κ2) is 6.36. The van der Waals surface area contributed by atoms with Crippen LogP contribution >= 0.6 is 0 Å². The highest BCUT2D eigenvalue weighted by atomic mass is 16.3. The number of nitrogens with zero attached hydrogens (tertiary/aromatic N) is 1. The van der Waals surface area contributed by atoms with Crippen LogP contribution < -0.4 is 0 Å². The van der Waals surface area contributed by atoms with Gasteiger partial charge in [0.1, 0.15) is 0 Å². The Morgan fingerprint density at radius 3 is 2.70 bits per heavy atom. The lowest BCUT2D eigenvalue weighted by Gasteiger charge is -2.20. The zero-order valence-electron chi connectivity index (χ0n) is 12.0. The average molecular weight is 269 g/mol. The summed E-state index contributed by atoms with van der Waals surface area (Å²) >= 11 is 0. The van der Waals surface area contributed by atoms with Crippen LogP contribution in [0.3, 0.4) is 0 Å². The molecule has 106 valence electrons. The highest BCUT2D eigenvalue weighted by Crippen LogP contribution is 2.33. The molecule has 2 aromatic rings. The molecule has 0 amide bonds. The Morgan fingerprint density at radius 2 is 1.90 bits per heavy atom. The van der Waals surface area contributed by atoms with Gasteiger partial charge in [-0.25, -0.2) is 0 Å². The Kier molecular flexibility index (Phi) is 4.31. The van der Waals surface area contributed by atoms with E-state index in [1.807, 2.05) is 24.5 Å². The lowest BCUT2D eigenvalue weighted by atomic mass is 9.89. The van der Waals surface area contributed by atoms with Gasteiger partial charge in [-0.3, -0.25) is 4.98 Å². The monoisotopic (exact) mass is 269 g/mol. The van der Waals surface area contributed by atoms with Crippen LogP contribution in [-0.2, 0) is 0 Å². The first-order valence-corrected chi connectivity index (χ1v) is 7.85. The quantitative estimate of drug-likeness (QED) is 0.824. The molecule has 3 rings (SSSR count). The molecule has 2 heteroatoms. The zero-order valence-corrected chi connectivity index (χ0v) is 12.0. The molecule has 1 saturated carbocycles.